The monoisotopic (exact) mass is 206 g/mol. The Labute approximate surface area is 86.0 Å². The first-order chi connectivity index (χ1) is 7.24. The molecule has 0 atom stereocenters. The summed E-state index contributed by atoms with van der Waals surface area (Å²) in [6.45, 7) is 0. The Morgan fingerprint density at radius 1 is 1.13 bits per heavy atom. The normalized spacial score (nSPS) is 10.3. The van der Waals surface area contributed by atoms with E-state index < -0.39 is 0 Å². The number of hydrogen-bond acceptors (Lipinski definition) is 4. The van der Waals surface area contributed by atoms with E-state index in [1.807, 2.05) is 0 Å². The van der Waals surface area contributed by atoms with Gasteiger partial charge in [0.15, 0.2) is 5.43 Å². The fraction of sp³-hybridized carbons (Fsp3) is 0.182. The lowest BCUT2D eigenvalue weighted by Gasteiger charge is -2.03. The van der Waals surface area contributed by atoms with Crippen LogP contribution in [0.3, 0.4) is 0 Å². The van der Waals surface area contributed by atoms with Gasteiger partial charge < -0.3 is 13.9 Å². The van der Waals surface area contributed by atoms with Crippen LogP contribution in [-0.2, 0) is 0 Å². The van der Waals surface area contributed by atoms with Crippen LogP contribution in [0.2, 0.25) is 0 Å². The zero-order valence-electron chi connectivity index (χ0n) is 8.44. The van der Waals surface area contributed by atoms with Crippen molar-refractivity contribution in [2.45, 2.75) is 0 Å². The van der Waals surface area contributed by atoms with Crippen LogP contribution in [0.25, 0.3) is 11.0 Å². The smallest absolute Gasteiger partial charge is 0.288 e. The van der Waals surface area contributed by atoms with Crippen LogP contribution in [0.5, 0.6) is 11.7 Å². The predicted octanol–water partition coefficient (Wildman–Crippen LogP) is 1.81. The van der Waals surface area contributed by atoms with E-state index in [2.05, 4.69) is 0 Å². The first-order valence-corrected chi connectivity index (χ1v) is 4.40. The van der Waals surface area contributed by atoms with Gasteiger partial charge in [-0.15, -0.1) is 0 Å². The summed E-state index contributed by atoms with van der Waals surface area (Å²) < 4.78 is 15.2. The first kappa shape index (κ1) is 9.58. The molecule has 1 aromatic heterocycles. The third-order valence-electron chi connectivity index (χ3n) is 2.11. The van der Waals surface area contributed by atoms with Crippen molar-refractivity contribution in [1.29, 1.82) is 0 Å². The number of methoxy groups -OCH3 is 2. The molecule has 1 aromatic carbocycles. The Morgan fingerprint density at radius 3 is 2.60 bits per heavy atom. The van der Waals surface area contributed by atoms with Gasteiger partial charge in [-0.05, 0) is 18.2 Å². The minimum atomic E-state index is -0.146. The van der Waals surface area contributed by atoms with E-state index >= 15 is 0 Å². The molecule has 0 aliphatic heterocycles. The molecule has 4 nitrogen and oxygen atoms in total. The second-order valence-electron chi connectivity index (χ2n) is 3.00. The average molecular weight is 206 g/mol. The number of rotatable bonds is 2. The molecule has 1 heterocycles. The van der Waals surface area contributed by atoms with E-state index in [1.54, 1.807) is 25.3 Å². The second-order valence-corrected chi connectivity index (χ2v) is 3.00. The zero-order valence-corrected chi connectivity index (χ0v) is 8.44. The maximum absolute atomic E-state index is 11.6. The molecule has 0 saturated heterocycles. The Morgan fingerprint density at radius 2 is 1.93 bits per heavy atom. The van der Waals surface area contributed by atoms with E-state index in [9.17, 15) is 4.79 Å². The van der Waals surface area contributed by atoms with E-state index in [0.29, 0.717) is 16.7 Å². The maximum atomic E-state index is 11.6. The number of hydrogen-bond donors (Lipinski definition) is 0. The van der Waals surface area contributed by atoms with Crippen molar-refractivity contribution in [2.24, 2.45) is 0 Å². The fourth-order valence-corrected chi connectivity index (χ4v) is 1.34. The molecular formula is C11H10O4. The summed E-state index contributed by atoms with van der Waals surface area (Å²) in [5.74, 6) is 0.831. The first-order valence-electron chi connectivity index (χ1n) is 4.40. The van der Waals surface area contributed by atoms with Crippen LogP contribution >= 0.6 is 0 Å². The molecule has 0 radical (unpaired) electrons. The minimum Gasteiger partial charge on any atom is -0.497 e. The molecule has 0 fully saturated rings. The van der Waals surface area contributed by atoms with Crippen molar-refractivity contribution in [1.82, 2.24) is 0 Å². The van der Waals surface area contributed by atoms with Crippen LogP contribution in [0.1, 0.15) is 0 Å². The minimum absolute atomic E-state index is 0.146. The lowest BCUT2D eigenvalue weighted by molar-refractivity contribution is 0.310. The molecule has 15 heavy (non-hydrogen) atoms. The molecule has 0 N–H and O–H groups in total. The Kier molecular flexibility index (Phi) is 2.33. The van der Waals surface area contributed by atoms with Gasteiger partial charge in [0.05, 0.1) is 25.7 Å². The van der Waals surface area contributed by atoms with Gasteiger partial charge in [-0.25, -0.2) is 0 Å². The highest BCUT2D eigenvalue weighted by atomic mass is 16.6. The van der Waals surface area contributed by atoms with Gasteiger partial charge in [-0.1, -0.05) is 0 Å². The van der Waals surface area contributed by atoms with Crippen LogP contribution in [0.15, 0.2) is 33.5 Å². The standard InChI is InChI=1S/C11H10O4/c1-13-7-3-4-10-8(5-7)9(12)6-11(14-2)15-10/h3-6H,1-2H3. The van der Waals surface area contributed by atoms with Gasteiger partial charge >= 0.3 is 0 Å². The summed E-state index contributed by atoms with van der Waals surface area (Å²) >= 11 is 0. The molecule has 2 aromatic rings. The van der Waals surface area contributed by atoms with Crippen LogP contribution in [0, 0.1) is 0 Å². The molecular weight excluding hydrogens is 196 g/mol. The third kappa shape index (κ3) is 1.66. The summed E-state index contributed by atoms with van der Waals surface area (Å²) in [7, 11) is 3.00. The van der Waals surface area contributed by atoms with Gasteiger partial charge in [0.25, 0.3) is 5.95 Å². The van der Waals surface area contributed by atoms with Crippen LogP contribution < -0.4 is 14.9 Å². The lowest BCUT2D eigenvalue weighted by Crippen LogP contribution is -2.00. The van der Waals surface area contributed by atoms with Crippen molar-refractivity contribution in [2.75, 3.05) is 14.2 Å². The van der Waals surface area contributed by atoms with Gasteiger partial charge in [0, 0.05) is 0 Å². The summed E-state index contributed by atoms with van der Waals surface area (Å²) in [6, 6.07) is 6.35. The fourth-order valence-electron chi connectivity index (χ4n) is 1.34. The van der Waals surface area contributed by atoms with E-state index in [1.165, 1.54) is 13.2 Å². The average Bonchev–Trinajstić information content (AvgIpc) is 2.28. The molecule has 4 heteroatoms. The highest BCUT2D eigenvalue weighted by Crippen LogP contribution is 2.21. The molecule has 0 spiro atoms. The Hall–Kier alpha value is -1.97. The SMILES string of the molecule is COc1ccc2oc(OC)cc(=O)c2c1. The second kappa shape index (κ2) is 3.65. The molecule has 0 bridgehead atoms. The highest BCUT2D eigenvalue weighted by Gasteiger charge is 2.05. The summed E-state index contributed by atoms with van der Waals surface area (Å²) in [5.41, 5.74) is 0.340. The van der Waals surface area contributed by atoms with Gasteiger partial charge in [0.1, 0.15) is 11.3 Å². The Balaban J connectivity index is 2.74. The number of ether oxygens (including phenoxy) is 2. The van der Waals surface area contributed by atoms with Crippen molar-refractivity contribution >= 4 is 11.0 Å². The van der Waals surface area contributed by atoms with E-state index in [-0.39, 0.29) is 11.4 Å². The molecule has 78 valence electrons. The van der Waals surface area contributed by atoms with E-state index in [4.69, 9.17) is 13.9 Å². The summed E-state index contributed by atoms with van der Waals surface area (Å²) in [4.78, 5) is 11.6. The van der Waals surface area contributed by atoms with Gasteiger partial charge in [-0.3, -0.25) is 4.79 Å². The molecule has 2 rings (SSSR count). The maximum Gasteiger partial charge on any atom is 0.288 e. The van der Waals surface area contributed by atoms with Gasteiger partial charge in [-0.2, -0.15) is 0 Å². The predicted molar refractivity (Wildman–Crippen MR) is 55.6 cm³/mol. The van der Waals surface area contributed by atoms with Crippen molar-refractivity contribution in [3.63, 3.8) is 0 Å². The molecule has 0 unspecified atom stereocenters. The zero-order chi connectivity index (χ0) is 10.8. The molecule has 0 saturated carbocycles. The van der Waals surface area contributed by atoms with Gasteiger partial charge in [0.2, 0.25) is 0 Å². The molecule has 0 aliphatic carbocycles. The summed E-state index contributed by atoms with van der Waals surface area (Å²) in [6.07, 6.45) is 0. The van der Waals surface area contributed by atoms with Crippen LogP contribution in [0.4, 0.5) is 0 Å². The summed E-state index contributed by atoms with van der Waals surface area (Å²) in [5, 5.41) is 0.482. The van der Waals surface area contributed by atoms with Crippen molar-refractivity contribution in [3.8, 4) is 11.7 Å². The topological polar surface area (TPSA) is 48.7 Å². The van der Waals surface area contributed by atoms with Crippen molar-refractivity contribution < 1.29 is 13.9 Å². The largest absolute Gasteiger partial charge is 0.497 e. The lowest BCUT2D eigenvalue weighted by atomic mass is 10.2. The molecule has 0 amide bonds. The number of benzene rings is 1. The molecule has 0 aliphatic rings. The van der Waals surface area contributed by atoms with Crippen LogP contribution in [-0.4, -0.2) is 14.2 Å². The van der Waals surface area contributed by atoms with Crippen molar-refractivity contribution in [3.05, 3.63) is 34.5 Å². The quantitative estimate of drug-likeness (QED) is 0.751. The van der Waals surface area contributed by atoms with E-state index in [0.717, 1.165) is 0 Å². The highest BCUT2D eigenvalue weighted by molar-refractivity contribution is 5.78. The Bertz CT molecular complexity index is 542. The number of fused-ring (bicyclic) bond motifs is 1. The third-order valence-corrected chi connectivity index (χ3v) is 2.11.